The fourth-order valence-electron chi connectivity index (χ4n) is 0.372. The Morgan fingerprint density at radius 3 is 2.50 bits per heavy atom. The van der Waals surface area contributed by atoms with E-state index in [9.17, 15) is 0 Å². The predicted molar refractivity (Wildman–Crippen MR) is 48.1 cm³/mol. The summed E-state index contributed by atoms with van der Waals surface area (Å²) in [5.74, 6) is 0. The van der Waals surface area contributed by atoms with Crippen LogP contribution in [0.2, 0.25) is 0 Å². The van der Waals surface area contributed by atoms with Crippen LogP contribution >= 0.6 is 11.6 Å². The molecule has 0 N–H and O–H groups in total. The number of allylic oxidation sites excluding steroid dienone is 6. The van der Waals surface area contributed by atoms with Crippen LogP contribution in [0.5, 0.6) is 0 Å². The van der Waals surface area contributed by atoms with Crippen molar-refractivity contribution in [3.8, 4) is 0 Å². The average Bonchev–Trinajstić information content (AvgIpc) is 1.87. The minimum atomic E-state index is 0.535. The van der Waals surface area contributed by atoms with Crippen LogP contribution in [-0.4, -0.2) is 0 Å². The van der Waals surface area contributed by atoms with Crippen LogP contribution in [-0.2, 0) is 0 Å². The SMILES string of the molecule is C=CC(C)=CC=CC(=C)Cl. The molecule has 0 fully saturated rings. The molecule has 0 aromatic rings. The first-order chi connectivity index (χ1) is 4.66. The van der Waals surface area contributed by atoms with Gasteiger partial charge in [0.15, 0.2) is 0 Å². The lowest BCUT2D eigenvalue weighted by Gasteiger charge is -1.83. The van der Waals surface area contributed by atoms with Gasteiger partial charge in [-0.3, -0.25) is 0 Å². The van der Waals surface area contributed by atoms with Crippen molar-refractivity contribution in [2.45, 2.75) is 6.92 Å². The zero-order valence-corrected chi connectivity index (χ0v) is 6.86. The van der Waals surface area contributed by atoms with Gasteiger partial charge in [-0.2, -0.15) is 0 Å². The molecular weight excluding hydrogens is 144 g/mol. The van der Waals surface area contributed by atoms with Crippen molar-refractivity contribution >= 4 is 11.6 Å². The van der Waals surface area contributed by atoms with Crippen LogP contribution in [0.1, 0.15) is 6.92 Å². The van der Waals surface area contributed by atoms with Gasteiger partial charge in [-0.05, 0) is 13.0 Å². The van der Waals surface area contributed by atoms with Gasteiger partial charge in [-0.15, -0.1) is 0 Å². The van der Waals surface area contributed by atoms with Crippen molar-refractivity contribution in [3.05, 3.63) is 48.1 Å². The zero-order chi connectivity index (χ0) is 7.98. The minimum Gasteiger partial charge on any atom is -0.0988 e. The summed E-state index contributed by atoms with van der Waals surface area (Å²) in [4.78, 5) is 0. The van der Waals surface area contributed by atoms with Crippen molar-refractivity contribution in [2.75, 3.05) is 0 Å². The van der Waals surface area contributed by atoms with Crippen molar-refractivity contribution in [1.29, 1.82) is 0 Å². The molecule has 0 bridgehead atoms. The van der Waals surface area contributed by atoms with Crippen molar-refractivity contribution in [3.63, 3.8) is 0 Å². The van der Waals surface area contributed by atoms with Gasteiger partial charge in [0.05, 0.1) is 0 Å². The summed E-state index contributed by atoms with van der Waals surface area (Å²) in [6.45, 7) is 9.07. The van der Waals surface area contributed by atoms with E-state index >= 15 is 0 Å². The molecule has 0 aliphatic heterocycles. The van der Waals surface area contributed by atoms with E-state index in [0.717, 1.165) is 5.57 Å². The fraction of sp³-hybridized carbons (Fsp3) is 0.111. The molecule has 0 spiro atoms. The van der Waals surface area contributed by atoms with Crippen LogP contribution in [0, 0.1) is 0 Å². The number of halogens is 1. The van der Waals surface area contributed by atoms with E-state index in [-0.39, 0.29) is 0 Å². The van der Waals surface area contributed by atoms with Crippen LogP contribution in [0.3, 0.4) is 0 Å². The molecule has 0 unspecified atom stereocenters. The average molecular weight is 155 g/mol. The topological polar surface area (TPSA) is 0 Å². The molecule has 0 saturated heterocycles. The molecule has 10 heavy (non-hydrogen) atoms. The van der Waals surface area contributed by atoms with E-state index in [4.69, 9.17) is 11.6 Å². The Balaban J connectivity index is 3.93. The smallest absolute Gasteiger partial charge is 0.0334 e. The highest BCUT2D eigenvalue weighted by Crippen LogP contribution is 1.99. The molecule has 0 nitrogen and oxygen atoms in total. The second kappa shape index (κ2) is 5.07. The molecule has 0 aliphatic carbocycles. The van der Waals surface area contributed by atoms with Crippen molar-refractivity contribution in [1.82, 2.24) is 0 Å². The maximum Gasteiger partial charge on any atom is 0.0334 e. The first-order valence-electron chi connectivity index (χ1n) is 2.98. The van der Waals surface area contributed by atoms with E-state index in [0.29, 0.717) is 5.03 Å². The summed E-state index contributed by atoms with van der Waals surface area (Å²) in [5.41, 5.74) is 1.11. The third-order valence-corrected chi connectivity index (χ3v) is 1.08. The minimum absolute atomic E-state index is 0.535. The first kappa shape index (κ1) is 9.25. The third-order valence-electron chi connectivity index (χ3n) is 0.958. The van der Waals surface area contributed by atoms with Gasteiger partial charge in [0.2, 0.25) is 0 Å². The summed E-state index contributed by atoms with van der Waals surface area (Å²) < 4.78 is 0. The van der Waals surface area contributed by atoms with Gasteiger partial charge >= 0.3 is 0 Å². The third kappa shape index (κ3) is 5.39. The molecule has 0 atom stereocenters. The van der Waals surface area contributed by atoms with Gasteiger partial charge in [0.1, 0.15) is 0 Å². The Hall–Kier alpha value is -0.750. The first-order valence-corrected chi connectivity index (χ1v) is 3.36. The van der Waals surface area contributed by atoms with Gasteiger partial charge in [0, 0.05) is 5.03 Å². The highest BCUT2D eigenvalue weighted by molar-refractivity contribution is 6.30. The van der Waals surface area contributed by atoms with Crippen molar-refractivity contribution < 1.29 is 0 Å². The fourth-order valence-corrected chi connectivity index (χ4v) is 0.445. The lowest BCUT2D eigenvalue weighted by molar-refractivity contribution is 1.53. The lowest BCUT2D eigenvalue weighted by atomic mass is 10.3. The van der Waals surface area contributed by atoms with Gasteiger partial charge in [-0.25, -0.2) is 0 Å². The van der Waals surface area contributed by atoms with Crippen LogP contribution in [0.25, 0.3) is 0 Å². The summed E-state index contributed by atoms with van der Waals surface area (Å²) in [5, 5.41) is 0.535. The Bertz CT molecular complexity index is 185. The molecule has 0 rings (SSSR count). The second-order valence-corrected chi connectivity index (χ2v) is 2.41. The quantitative estimate of drug-likeness (QED) is 0.547. The van der Waals surface area contributed by atoms with Crippen LogP contribution in [0.4, 0.5) is 0 Å². The van der Waals surface area contributed by atoms with E-state index in [2.05, 4.69) is 13.2 Å². The molecule has 0 aliphatic rings. The standard InChI is InChI=1S/C9H11Cl/c1-4-8(2)6-5-7-9(3)10/h4-7H,1,3H2,2H3. The van der Waals surface area contributed by atoms with Gasteiger partial charge in [-0.1, -0.05) is 48.6 Å². The molecule has 0 saturated carbocycles. The van der Waals surface area contributed by atoms with Crippen LogP contribution in [0.15, 0.2) is 48.1 Å². The van der Waals surface area contributed by atoms with Crippen molar-refractivity contribution in [2.24, 2.45) is 0 Å². The molecule has 0 radical (unpaired) electrons. The number of rotatable bonds is 3. The monoisotopic (exact) mass is 154 g/mol. The largest absolute Gasteiger partial charge is 0.0988 e. The maximum atomic E-state index is 5.47. The molecule has 0 aromatic carbocycles. The normalized spacial score (nSPS) is 12.0. The van der Waals surface area contributed by atoms with E-state index in [1.54, 1.807) is 12.2 Å². The zero-order valence-electron chi connectivity index (χ0n) is 6.10. The summed E-state index contributed by atoms with van der Waals surface area (Å²) in [6.07, 6.45) is 7.27. The van der Waals surface area contributed by atoms with E-state index < -0.39 is 0 Å². The highest BCUT2D eigenvalue weighted by atomic mass is 35.5. The summed E-state index contributed by atoms with van der Waals surface area (Å²) in [7, 11) is 0. The lowest BCUT2D eigenvalue weighted by Crippen LogP contribution is -1.62. The molecule has 0 heterocycles. The Morgan fingerprint density at radius 1 is 1.50 bits per heavy atom. The Labute approximate surface area is 67.2 Å². The Kier molecular flexibility index (Phi) is 4.69. The second-order valence-electron chi connectivity index (χ2n) is 1.92. The van der Waals surface area contributed by atoms with Crippen LogP contribution < -0.4 is 0 Å². The molecule has 54 valence electrons. The molecular formula is C9H11Cl. The molecule has 0 amide bonds. The number of hydrogen-bond acceptors (Lipinski definition) is 0. The predicted octanol–water partition coefficient (Wildman–Crippen LogP) is 3.43. The Morgan fingerprint density at radius 2 is 2.10 bits per heavy atom. The number of hydrogen-bond donors (Lipinski definition) is 0. The van der Waals surface area contributed by atoms with Gasteiger partial charge in [0.25, 0.3) is 0 Å². The van der Waals surface area contributed by atoms with E-state index in [1.807, 2.05) is 19.1 Å². The van der Waals surface area contributed by atoms with E-state index in [1.165, 1.54) is 0 Å². The summed E-state index contributed by atoms with van der Waals surface area (Å²) in [6, 6.07) is 0. The summed E-state index contributed by atoms with van der Waals surface area (Å²) >= 11 is 5.47. The molecule has 0 aromatic heterocycles. The molecule has 1 heteroatoms. The maximum absolute atomic E-state index is 5.47. The van der Waals surface area contributed by atoms with Gasteiger partial charge < -0.3 is 0 Å². The highest BCUT2D eigenvalue weighted by Gasteiger charge is 1.75.